The zero-order valence-corrected chi connectivity index (χ0v) is 9.63. The third-order valence-electron chi connectivity index (χ3n) is 2.82. The molecule has 0 amide bonds. The lowest BCUT2D eigenvalue weighted by Gasteiger charge is -2.34. The molecule has 1 saturated heterocycles. The first-order valence-corrected chi connectivity index (χ1v) is 5.43. The summed E-state index contributed by atoms with van der Waals surface area (Å²) in [4.78, 5) is 13.0. The number of methoxy groups -OCH3 is 1. The van der Waals surface area contributed by atoms with Gasteiger partial charge in [-0.15, -0.1) is 0 Å². The van der Waals surface area contributed by atoms with Crippen LogP contribution in [0.4, 0.5) is 5.69 Å². The van der Waals surface area contributed by atoms with Gasteiger partial charge in [-0.25, -0.2) is 4.79 Å². The lowest BCUT2D eigenvalue weighted by molar-refractivity contribution is -0.141. The van der Waals surface area contributed by atoms with Gasteiger partial charge in [0.1, 0.15) is 5.75 Å². The van der Waals surface area contributed by atoms with E-state index in [-0.39, 0.29) is 6.61 Å². The minimum Gasteiger partial charge on any atom is -0.497 e. The van der Waals surface area contributed by atoms with Gasteiger partial charge < -0.3 is 19.5 Å². The maximum Gasteiger partial charge on any atom is 0.328 e. The van der Waals surface area contributed by atoms with Gasteiger partial charge in [-0.05, 0) is 24.3 Å². The zero-order chi connectivity index (χ0) is 12.3. The summed E-state index contributed by atoms with van der Waals surface area (Å²) >= 11 is 0. The number of hydrogen-bond donors (Lipinski definition) is 1. The largest absolute Gasteiger partial charge is 0.497 e. The fraction of sp³-hybridized carbons (Fsp3) is 0.417. The second-order valence-electron chi connectivity index (χ2n) is 3.82. The van der Waals surface area contributed by atoms with Crippen molar-refractivity contribution in [1.82, 2.24) is 0 Å². The molecule has 0 aromatic heterocycles. The summed E-state index contributed by atoms with van der Waals surface area (Å²) in [5.74, 6) is -0.102. The molecule has 92 valence electrons. The second kappa shape index (κ2) is 5.05. The molecule has 1 atom stereocenters. The molecular weight excluding hydrogens is 222 g/mol. The van der Waals surface area contributed by atoms with Gasteiger partial charge in [-0.3, -0.25) is 0 Å². The maximum atomic E-state index is 11.1. The van der Waals surface area contributed by atoms with E-state index in [1.165, 1.54) is 0 Å². The molecule has 2 rings (SSSR count). The SMILES string of the molecule is COc1ccc(N2CCOCC2C(=O)O)cc1. The Balaban J connectivity index is 2.20. The average Bonchev–Trinajstić information content (AvgIpc) is 2.39. The predicted molar refractivity (Wildman–Crippen MR) is 62.6 cm³/mol. The summed E-state index contributed by atoms with van der Waals surface area (Å²) in [5.41, 5.74) is 0.876. The zero-order valence-electron chi connectivity index (χ0n) is 9.63. The Morgan fingerprint density at radius 3 is 2.76 bits per heavy atom. The Hall–Kier alpha value is -1.75. The van der Waals surface area contributed by atoms with E-state index in [4.69, 9.17) is 14.6 Å². The number of carboxylic acid groups (broad SMARTS) is 1. The summed E-state index contributed by atoms with van der Waals surface area (Å²) in [6, 6.07) is 6.75. The quantitative estimate of drug-likeness (QED) is 0.849. The van der Waals surface area contributed by atoms with Crippen molar-refractivity contribution in [3.8, 4) is 5.75 Å². The molecule has 1 aliphatic rings. The summed E-state index contributed by atoms with van der Waals surface area (Å²) in [6.45, 7) is 1.36. The lowest BCUT2D eigenvalue weighted by atomic mass is 10.2. The molecule has 0 saturated carbocycles. The van der Waals surface area contributed by atoms with Crippen molar-refractivity contribution in [2.24, 2.45) is 0 Å². The molecule has 1 aromatic carbocycles. The predicted octanol–water partition coefficient (Wildman–Crippen LogP) is 0.985. The number of carboxylic acids is 1. The van der Waals surface area contributed by atoms with Crippen molar-refractivity contribution in [2.45, 2.75) is 6.04 Å². The molecule has 0 aliphatic carbocycles. The molecular formula is C12H15NO4. The van der Waals surface area contributed by atoms with Crippen molar-refractivity contribution in [3.05, 3.63) is 24.3 Å². The van der Waals surface area contributed by atoms with E-state index >= 15 is 0 Å². The second-order valence-corrected chi connectivity index (χ2v) is 3.82. The van der Waals surface area contributed by atoms with E-state index in [1.54, 1.807) is 7.11 Å². The van der Waals surface area contributed by atoms with Gasteiger partial charge in [-0.2, -0.15) is 0 Å². The van der Waals surface area contributed by atoms with Crippen LogP contribution in [-0.4, -0.2) is 44.0 Å². The first kappa shape index (κ1) is 11.7. The maximum absolute atomic E-state index is 11.1. The number of nitrogens with zero attached hydrogens (tertiary/aromatic N) is 1. The van der Waals surface area contributed by atoms with Crippen LogP contribution in [0.15, 0.2) is 24.3 Å². The van der Waals surface area contributed by atoms with Gasteiger partial charge in [0.05, 0.1) is 20.3 Å². The molecule has 5 heteroatoms. The third kappa shape index (κ3) is 2.50. The lowest BCUT2D eigenvalue weighted by Crippen LogP contribution is -2.50. The van der Waals surface area contributed by atoms with E-state index in [0.29, 0.717) is 13.2 Å². The summed E-state index contributed by atoms with van der Waals surface area (Å²) < 4.78 is 10.3. The molecule has 1 N–H and O–H groups in total. The molecule has 5 nitrogen and oxygen atoms in total. The summed E-state index contributed by atoms with van der Waals surface area (Å²) in [5, 5.41) is 9.12. The first-order chi connectivity index (χ1) is 8.22. The van der Waals surface area contributed by atoms with Gasteiger partial charge in [0.15, 0.2) is 6.04 Å². The molecule has 0 radical (unpaired) electrons. The van der Waals surface area contributed by atoms with E-state index in [2.05, 4.69) is 0 Å². The van der Waals surface area contributed by atoms with Crippen LogP contribution in [0.5, 0.6) is 5.75 Å². The van der Waals surface area contributed by atoms with Crippen molar-refractivity contribution in [3.63, 3.8) is 0 Å². The highest BCUT2D eigenvalue weighted by molar-refractivity contribution is 5.78. The molecule has 1 aromatic rings. The highest BCUT2D eigenvalue weighted by Gasteiger charge is 2.29. The van der Waals surface area contributed by atoms with Gasteiger partial charge in [-0.1, -0.05) is 0 Å². The van der Waals surface area contributed by atoms with E-state index in [0.717, 1.165) is 11.4 Å². The number of hydrogen-bond acceptors (Lipinski definition) is 4. The average molecular weight is 237 g/mol. The highest BCUT2D eigenvalue weighted by atomic mass is 16.5. The van der Waals surface area contributed by atoms with Crippen LogP contribution in [0.1, 0.15) is 0 Å². The number of ether oxygens (including phenoxy) is 2. The Morgan fingerprint density at radius 2 is 2.18 bits per heavy atom. The van der Waals surface area contributed by atoms with Gasteiger partial charge >= 0.3 is 5.97 Å². The number of rotatable bonds is 3. The first-order valence-electron chi connectivity index (χ1n) is 5.43. The number of anilines is 1. The highest BCUT2D eigenvalue weighted by Crippen LogP contribution is 2.22. The van der Waals surface area contributed by atoms with Crippen molar-refractivity contribution in [1.29, 1.82) is 0 Å². The molecule has 1 fully saturated rings. The van der Waals surface area contributed by atoms with Crippen LogP contribution in [0.2, 0.25) is 0 Å². The van der Waals surface area contributed by atoms with Gasteiger partial charge in [0.25, 0.3) is 0 Å². The van der Waals surface area contributed by atoms with Crippen LogP contribution in [0.25, 0.3) is 0 Å². The Kier molecular flexibility index (Phi) is 3.49. The number of benzene rings is 1. The Bertz CT molecular complexity index is 390. The topological polar surface area (TPSA) is 59.0 Å². The summed E-state index contributed by atoms with van der Waals surface area (Å²) in [7, 11) is 1.60. The van der Waals surface area contributed by atoms with Crippen molar-refractivity contribution >= 4 is 11.7 Å². The van der Waals surface area contributed by atoms with Crippen molar-refractivity contribution in [2.75, 3.05) is 31.8 Å². The number of morpholine rings is 1. The van der Waals surface area contributed by atoms with Crippen LogP contribution in [0, 0.1) is 0 Å². The molecule has 1 heterocycles. The van der Waals surface area contributed by atoms with E-state index < -0.39 is 12.0 Å². The minimum atomic E-state index is -0.861. The summed E-state index contributed by atoms with van der Waals surface area (Å²) in [6.07, 6.45) is 0. The smallest absolute Gasteiger partial charge is 0.328 e. The normalized spacial score (nSPS) is 20.1. The fourth-order valence-corrected chi connectivity index (χ4v) is 1.89. The Labute approximate surface area is 99.6 Å². The van der Waals surface area contributed by atoms with Crippen LogP contribution < -0.4 is 9.64 Å². The van der Waals surface area contributed by atoms with Gasteiger partial charge in [0.2, 0.25) is 0 Å². The molecule has 0 bridgehead atoms. The van der Waals surface area contributed by atoms with Crippen molar-refractivity contribution < 1.29 is 19.4 Å². The van der Waals surface area contributed by atoms with Crippen LogP contribution in [-0.2, 0) is 9.53 Å². The van der Waals surface area contributed by atoms with E-state index in [9.17, 15) is 4.79 Å². The molecule has 17 heavy (non-hydrogen) atoms. The van der Waals surface area contributed by atoms with Gasteiger partial charge in [0, 0.05) is 12.2 Å². The fourth-order valence-electron chi connectivity index (χ4n) is 1.89. The number of carbonyl (C=O) groups is 1. The van der Waals surface area contributed by atoms with E-state index in [1.807, 2.05) is 29.2 Å². The minimum absolute atomic E-state index is 0.224. The van der Waals surface area contributed by atoms with Crippen LogP contribution in [0.3, 0.4) is 0 Å². The molecule has 1 aliphatic heterocycles. The van der Waals surface area contributed by atoms with Crippen LogP contribution >= 0.6 is 0 Å². The Morgan fingerprint density at radius 1 is 1.47 bits per heavy atom. The number of aliphatic carboxylic acids is 1. The molecule has 0 spiro atoms. The molecule has 1 unspecified atom stereocenters. The third-order valence-corrected chi connectivity index (χ3v) is 2.82. The standard InChI is InChI=1S/C12H15NO4/c1-16-10-4-2-9(3-5-10)13-6-7-17-8-11(13)12(14)15/h2-5,11H,6-8H2,1H3,(H,14,15). The monoisotopic (exact) mass is 237 g/mol.